The van der Waals surface area contributed by atoms with Gasteiger partial charge in [0.1, 0.15) is 0 Å². The summed E-state index contributed by atoms with van der Waals surface area (Å²) in [5.41, 5.74) is 5.16. The molecule has 0 radical (unpaired) electrons. The molecule has 7 nitrogen and oxygen atoms in total. The van der Waals surface area contributed by atoms with E-state index >= 15 is 0 Å². The molecule has 8 heteroatoms. The number of hydrogen-bond acceptors (Lipinski definition) is 4. The molecule has 1 aliphatic rings. The number of nitrogens with zero attached hydrogens (tertiary/aromatic N) is 1. The van der Waals surface area contributed by atoms with Crippen LogP contribution < -0.4 is 10.6 Å². The van der Waals surface area contributed by atoms with Crippen molar-refractivity contribution >= 4 is 35.2 Å². The standard InChI is InChI=1S/C36H36ClN3O4/c1-2-44-35(42)29-15-10-16-30(22-29)39-36(43)38-23-33(41)40(24-25-11-4-3-5-12-25)34-28(21-27-14-7-9-18-32(27)37)20-19-26-13-6-8-17-31(26)34/h3-18,22,28,34H,2,19-21,23-24H2,1H3,(H2,38,39,43). The van der Waals surface area contributed by atoms with E-state index in [0.29, 0.717) is 17.8 Å². The number of benzene rings is 4. The Kier molecular flexibility index (Phi) is 10.3. The van der Waals surface area contributed by atoms with Crippen LogP contribution in [0.3, 0.4) is 0 Å². The maximum absolute atomic E-state index is 14.1. The van der Waals surface area contributed by atoms with Crippen molar-refractivity contribution < 1.29 is 19.1 Å². The van der Waals surface area contributed by atoms with Crippen molar-refractivity contribution in [3.63, 3.8) is 0 Å². The van der Waals surface area contributed by atoms with Gasteiger partial charge in [-0.3, -0.25) is 4.79 Å². The Morgan fingerprint density at radius 3 is 2.45 bits per heavy atom. The van der Waals surface area contributed by atoms with Crippen molar-refractivity contribution in [1.82, 2.24) is 10.2 Å². The molecule has 0 aliphatic heterocycles. The molecule has 0 saturated heterocycles. The smallest absolute Gasteiger partial charge is 0.338 e. The first-order valence-corrected chi connectivity index (χ1v) is 15.3. The largest absolute Gasteiger partial charge is 0.462 e. The van der Waals surface area contributed by atoms with Crippen LogP contribution >= 0.6 is 11.6 Å². The van der Waals surface area contributed by atoms with Crippen LogP contribution in [0.5, 0.6) is 0 Å². The number of anilines is 1. The fraction of sp³-hybridized carbons (Fsp3) is 0.250. The van der Waals surface area contributed by atoms with E-state index in [1.807, 2.05) is 71.6 Å². The maximum atomic E-state index is 14.1. The van der Waals surface area contributed by atoms with Crippen molar-refractivity contribution in [3.05, 3.63) is 136 Å². The summed E-state index contributed by atoms with van der Waals surface area (Å²) in [4.78, 5) is 41.0. The van der Waals surface area contributed by atoms with E-state index in [2.05, 4.69) is 22.8 Å². The maximum Gasteiger partial charge on any atom is 0.338 e. The average molecular weight is 610 g/mol. The summed E-state index contributed by atoms with van der Waals surface area (Å²) >= 11 is 6.60. The zero-order valence-electron chi connectivity index (χ0n) is 24.7. The van der Waals surface area contributed by atoms with E-state index in [9.17, 15) is 14.4 Å². The van der Waals surface area contributed by atoms with Crippen LogP contribution in [0.15, 0.2) is 103 Å². The highest BCUT2D eigenvalue weighted by Crippen LogP contribution is 2.42. The van der Waals surface area contributed by atoms with Crippen molar-refractivity contribution in [2.45, 2.75) is 38.8 Å². The predicted molar refractivity (Wildman–Crippen MR) is 173 cm³/mol. The molecule has 0 spiro atoms. The van der Waals surface area contributed by atoms with Crippen molar-refractivity contribution in [2.75, 3.05) is 18.5 Å². The third kappa shape index (κ3) is 7.66. The molecule has 4 aromatic rings. The first kappa shape index (κ1) is 30.8. The normalized spacial score (nSPS) is 15.5. The predicted octanol–water partition coefficient (Wildman–Crippen LogP) is 7.21. The number of amides is 3. The molecule has 2 N–H and O–H groups in total. The number of urea groups is 1. The van der Waals surface area contributed by atoms with E-state index in [-0.39, 0.29) is 31.0 Å². The van der Waals surface area contributed by atoms with Gasteiger partial charge in [0.15, 0.2) is 0 Å². The lowest BCUT2D eigenvalue weighted by Gasteiger charge is -2.42. The highest BCUT2D eigenvalue weighted by molar-refractivity contribution is 6.31. The quantitative estimate of drug-likeness (QED) is 0.186. The Labute approximate surface area is 263 Å². The summed E-state index contributed by atoms with van der Waals surface area (Å²) in [5.74, 6) is -0.547. The number of halogens is 1. The molecule has 2 unspecified atom stereocenters. The number of carbonyl (C=O) groups is 3. The molecular formula is C36H36ClN3O4. The first-order valence-electron chi connectivity index (χ1n) is 14.9. The van der Waals surface area contributed by atoms with Gasteiger partial charge in [-0.2, -0.15) is 0 Å². The van der Waals surface area contributed by atoms with Crippen molar-refractivity contribution in [2.24, 2.45) is 5.92 Å². The fourth-order valence-electron chi connectivity index (χ4n) is 5.88. The van der Waals surface area contributed by atoms with Gasteiger partial charge < -0.3 is 20.3 Å². The van der Waals surface area contributed by atoms with Crippen molar-refractivity contribution in [3.8, 4) is 0 Å². The summed E-state index contributed by atoms with van der Waals surface area (Å²) in [5, 5.41) is 6.17. The molecule has 0 aromatic heterocycles. The van der Waals surface area contributed by atoms with E-state index in [1.165, 1.54) is 5.56 Å². The minimum Gasteiger partial charge on any atom is -0.462 e. The van der Waals surface area contributed by atoms with Gasteiger partial charge in [0, 0.05) is 17.3 Å². The number of aryl methyl sites for hydroxylation is 1. The molecule has 44 heavy (non-hydrogen) atoms. The van der Waals surface area contributed by atoms with Gasteiger partial charge in [0.2, 0.25) is 5.91 Å². The van der Waals surface area contributed by atoms with E-state index in [1.54, 1.807) is 31.2 Å². The Morgan fingerprint density at radius 2 is 1.66 bits per heavy atom. The van der Waals surface area contributed by atoms with Gasteiger partial charge in [-0.05, 0) is 78.6 Å². The number of nitrogens with one attached hydrogen (secondary N) is 2. The Hall–Kier alpha value is -4.62. The second-order valence-electron chi connectivity index (χ2n) is 10.9. The zero-order chi connectivity index (χ0) is 30.9. The summed E-state index contributed by atoms with van der Waals surface area (Å²) in [6.07, 6.45) is 2.54. The molecule has 0 fully saturated rings. The van der Waals surface area contributed by atoms with E-state index < -0.39 is 12.0 Å². The minimum atomic E-state index is -0.546. The van der Waals surface area contributed by atoms with Crippen LogP contribution in [0, 0.1) is 5.92 Å². The molecule has 226 valence electrons. The SMILES string of the molecule is CCOC(=O)c1cccc(NC(=O)NCC(=O)N(Cc2ccccc2)C2c3ccccc3CCC2Cc2ccccc2Cl)c1. The second-order valence-corrected chi connectivity index (χ2v) is 11.3. The van der Waals surface area contributed by atoms with Crippen molar-refractivity contribution in [1.29, 1.82) is 0 Å². The second kappa shape index (κ2) is 14.7. The molecule has 0 heterocycles. The number of carbonyl (C=O) groups excluding carboxylic acids is 3. The van der Waals surface area contributed by atoms with Crippen LogP contribution in [0.4, 0.5) is 10.5 Å². The molecular weight excluding hydrogens is 574 g/mol. The highest BCUT2D eigenvalue weighted by Gasteiger charge is 2.36. The van der Waals surface area contributed by atoms with Crippen LogP contribution in [0.1, 0.15) is 52.0 Å². The topological polar surface area (TPSA) is 87.7 Å². The number of fused-ring (bicyclic) bond motifs is 1. The van der Waals surface area contributed by atoms with Gasteiger partial charge in [0.25, 0.3) is 0 Å². The van der Waals surface area contributed by atoms with E-state index in [4.69, 9.17) is 16.3 Å². The zero-order valence-corrected chi connectivity index (χ0v) is 25.4. The molecule has 2 atom stereocenters. The fourth-order valence-corrected chi connectivity index (χ4v) is 6.09. The lowest BCUT2D eigenvalue weighted by atomic mass is 9.76. The first-order chi connectivity index (χ1) is 21.4. The summed E-state index contributed by atoms with van der Waals surface area (Å²) in [6.45, 7) is 2.18. The molecule has 4 aromatic carbocycles. The van der Waals surface area contributed by atoms with Crippen LogP contribution in [-0.4, -0.2) is 36.0 Å². The van der Waals surface area contributed by atoms with E-state index in [0.717, 1.165) is 41.0 Å². The lowest BCUT2D eigenvalue weighted by Crippen LogP contribution is -2.46. The van der Waals surface area contributed by atoms with Crippen LogP contribution in [0.25, 0.3) is 0 Å². The number of rotatable bonds is 10. The summed E-state index contributed by atoms with van der Waals surface area (Å²) in [6, 6.07) is 31.8. The third-order valence-corrected chi connectivity index (χ3v) is 8.30. The Morgan fingerprint density at radius 1 is 0.909 bits per heavy atom. The molecule has 3 amide bonds. The summed E-state index contributed by atoms with van der Waals surface area (Å²) in [7, 11) is 0. The number of esters is 1. The minimum absolute atomic E-state index is 0.122. The Balaban J connectivity index is 1.38. The molecule has 0 saturated carbocycles. The third-order valence-electron chi connectivity index (χ3n) is 7.93. The van der Waals surface area contributed by atoms with Crippen LogP contribution in [0.2, 0.25) is 5.02 Å². The molecule has 1 aliphatic carbocycles. The number of hydrogen-bond donors (Lipinski definition) is 2. The average Bonchev–Trinajstić information content (AvgIpc) is 3.04. The number of ether oxygens (including phenoxy) is 1. The lowest BCUT2D eigenvalue weighted by molar-refractivity contribution is -0.135. The van der Waals surface area contributed by atoms with Gasteiger partial charge in [-0.1, -0.05) is 90.5 Å². The monoisotopic (exact) mass is 609 g/mol. The van der Waals surface area contributed by atoms with Gasteiger partial charge in [0.05, 0.1) is 24.8 Å². The van der Waals surface area contributed by atoms with Gasteiger partial charge in [-0.15, -0.1) is 0 Å². The summed E-state index contributed by atoms with van der Waals surface area (Å²) < 4.78 is 5.05. The molecule has 0 bridgehead atoms. The highest BCUT2D eigenvalue weighted by atomic mass is 35.5. The van der Waals surface area contributed by atoms with Gasteiger partial charge >= 0.3 is 12.0 Å². The molecule has 5 rings (SSSR count). The van der Waals surface area contributed by atoms with Gasteiger partial charge in [-0.25, -0.2) is 9.59 Å². The Bertz CT molecular complexity index is 1610. The van der Waals surface area contributed by atoms with Crippen LogP contribution in [-0.2, 0) is 28.9 Å².